The van der Waals surface area contributed by atoms with Crippen LogP contribution in [0.15, 0.2) is 59.2 Å². The first-order valence-electron chi connectivity index (χ1n) is 9.25. The number of thiazole rings is 1. The number of nitrogens with two attached hydrogens (primary N) is 1. The Bertz CT molecular complexity index is 962. The summed E-state index contributed by atoms with van der Waals surface area (Å²) < 4.78 is 18.8. The molecule has 0 radical (unpaired) electrons. The number of halogens is 2. The fraction of sp³-hybridized carbons (Fsp3) is 0.250. The van der Waals surface area contributed by atoms with Crippen molar-refractivity contribution < 1.29 is 9.13 Å². The van der Waals surface area contributed by atoms with E-state index >= 15 is 0 Å². The standard InChI is InChI=1S/C20H21FN6OS.HI/c21-16-2-1-3-17(12-16)28-18-5-4-15(13-24-18)14-25-19(22)26-7-9-27(10-8-26)20-23-6-11-29-20;/h1-6,11-13H,7-10,14H2,(H2,22,25);1H. The van der Waals surface area contributed by atoms with Crippen molar-refractivity contribution in [1.29, 1.82) is 0 Å². The molecule has 0 saturated carbocycles. The molecule has 0 spiro atoms. The minimum absolute atomic E-state index is 0. The van der Waals surface area contributed by atoms with Gasteiger partial charge in [0.05, 0.1) is 6.54 Å². The molecule has 0 bridgehead atoms. The van der Waals surface area contributed by atoms with Gasteiger partial charge in [-0.3, -0.25) is 0 Å². The highest BCUT2D eigenvalue weighted by Gasteiger charge is 2.19. The number of hydrogen-bond acceptors (Lipinski definition) is 6. The summed E-state index contributed by atoms with van der Waals surface area (Å²) in [4.78, 5) is 17.4. The van der Waals surface area contributed by atoms with Gasteiger partial charge in [-0.25, -0.2) is 19.4 Å². The summed E-state index contributed by atoms with van der Waals surface area (Å²) in [6.07, 6.45) is 3.51. The Balaban J connectivity index is 0.00000256. The Kier molecular flexibility index (Phi) is 7.80. The van der Waals surface area contributed by atoms with Crippen molar-refractivity contribution >= 4 is 46.4 Å². The van der Waals surface area contributed by atoms with Crippen LogP contribution in [0.1, 0.15) is 5.56 Å². The number of hydrogen-bond donors (Lipinski definition) is 1. The van der Waals surface area contributed by atoms with Crippen LogP contribution in [-0.2, 0) is 6.54 Å². The van der Waals surface area contributed by atoms with E-state index in [0.29, 0.717) is 24.1 Å². The van der Waals surface area contributed by atoms with E-state index in [4.69, 9.17) is 10.5 Å². The van der Waals surface area contributed by atoms with Crippen LogP contribution in [0.5, 0.6) is 11.6 Å². The lowest BCUT2D eigenvalue weighted by Gasteiger charge is -2.35. The molecule has 3 aromatic rings. The molecule has 4 rings (SSSR count). The van der Waals surface area contributed by atoms with Crippen LogP contribution in [0.25, 0.3) is 0 Å². The fourth-order valence-electron chi connectivity index (χ4n) is 2.99. The Morgan fingerprint density at radius 2 is 2.00 bits per heavy atom. The van der Waals surface area contributed by atoms with Crippen molar-refractivity contribution in [1.82, 2.24) is 14.9 Å². The summed E-state index contributed by atoms with van der Waals surface area (Å²) in [6.45, 7) is 3.81. The molecule has 1 aromatic carbocycles. The molecule has 0 atom stereocenters. The lowest BCUT2D eigenvalue weighted by atomic mass is 10.3. The van der Waals surface area contributed by atoms with Crippen LogP contribution >= 0.6 is 35.3 Å². The summed E-state index contributed by atoms with van der Waals surface area (Å²) in [5, 5.41) is 3.03. The molecule has 1 aliphatic rings. The fourth-order valence-corrected chi connectivity index (χ4v) is 3.68. The second-order valence-corrected chi connectivity index (χ2v) is 7.40. The highest BCUT2D eigenvalue weighted by atomic mass is 127. The van der Waals surface area contributed by atoms with Crippen LogP contribution in [0.4, 0.5) is 9.52 Å². The molecule has 3 heterocycles. The first-order chi connectivity index (χ1) is 14.2. The van der Waals surface area contributed by atoms with Gasteiger partial charge in [0.25, 0.3) is 0 Å². The quantitative estimate of drug-likeness (QED) is 0.302. The number of guanidine groups is 1. The van der Waals surface area contributed by atoms with Gasteiger partial charge in [-0.15, -0.1) is 35.3 Å². The first-order valence-corrected chi connectivity index (χ1v) is 10.1. The van der Waals surface area contributed by atoms with Gasteiger partial charge < -0.3 is 20.3 Å². The summed E-state index contributed by atoms with van der Waals surface area (Å²) in [5.74, 6) is 0.985. The summed E-state index contributed by atoms with van der Waals surface area (Å²) in [7, 11) is 0. The molecule has 10 heteroatoms. The van der Waals surface area contributed by atoms with Gasteiger partial charge in [-0.2, -0.15) is 0 Å². The van der Waals surface area contributed by atoms with Crippen LogP contribution in [0.3, 0.4) is 0 Å². The number of rotatable bonds is 5. The largest absolute Gasteiger partial charge is 0.439 e. The number of pyridine rings is 1. The van der Waals surface area contributed by atoms with Crippen molar-refractivity contribution in [3.8, 4) is 11.6 Å². The van der Waals surface area contributed by atoms with Crippen LogP contribution in [-0.4, -0.2) is 47.0 Å². The van der Waals surface area contributed by atoms with Crippen LogP contribution in [0, 0.1) is 5.82 Å². The molecule has 1 fully saturated rings. The zero-order valence-electron chi connectivity index (χ0n) is 16.1. The van der Waals surface area contributed by atoms with E-state index in [0.717, 1.165) is 36.9 Å². The van der Waals surface area contributed by atoms with E-state index in [-0.39, 0.29) is 29.8 Å². The highest BCUT2D eigenvalue weighted by molar-refractivity contribution is 14.0. The normalized spacial score (nSPS) is 14.4. The topological polar surface area (TPSA) is 79.9 Å². The molecule has 0 unspecified atom stereocenters. The van der Waals surface area contributed by atoms with E-state index < -0.39 is 0 Å². The molecule has 1 saturated heterocycles. The predicted octanol–water partition coefficient (Wildman–Crippen LogP) is 3.72. The van der Waals surface area contributed by atoms with Crippen molar-refractivity contribution in [3.05, 3.63) is 65.6 Å². The third-order valence-electron chi connectivity index (χ3n) is 4.53. The summed E-state index contributed by atoms with van der Waals surface area (Å²) >= 11 is 1.65. The third kappa shape index (κ3) is 5.79. The lowest BCUT2D eigenvalue weighted by molar-refractivity contribution is 0.380. The maximum atomic E-state index is 13.2. The van der Waals surface area contributed by atoms with Gasteiger partial charge in [0.1, 0.15) is 11.6 Å². The van der Waals surface area contributed by atoms with Gasteiger partial charge in [-0.1, -0.05) is 12.1 Å². The van der Waals surface area contributed by atoms with Gasteiger partial charge in [-0.05, 0) is 17.7 Å². The number of ether oxygens (including phenoxy) is 1. The van der Waals surface area contributed by atoms with E-state index in [2.05, 4.69) is 24.8 Å². The number of anilines is 1. The van der Waals surface area contributed by atoms with Crippen molar-refractivity contribution in [3.63, 3.8) is 0 Å². The number of aromatic nitrogens is 2. The van der Waals surface area contributed by atoms with Crippen molar-refractivity contribution in [2.24, 2.45) is 10.7 Å². The maximum absolute atomic E-state index is 13.2. The molecule has 30 heavy (non-hydrogen) atoms. The predicted molar refractivity (Wildman–Crippen MR) is 127 cm³/mol. The van der Waals surface area contributed by atoms with Crippen molar-refractivity contribution in [2.75, 3.05) is 31.1 Å². The monoisotopic (exact) mass is 540 g/mol. The van der Waals surface area contributed by atoms with Gasteiger partial charge >= 0.3 is 0 Å². The molecule has 2 aromatic heterocycles. The second-order valence-electron chi connectivity index (χ2n) is 6.53. The smallest absolute Gasteiger partial charge is 0.219 e. The zero-order valence-corrected chi connectivity index (χ0v) is 19.3. The molecule has 1 aliphatic heterocycles. The van der Waals surface area contributed by atoms with Crippen LogP contribution < -0.4 is 15.4 Å². The maximum Gasteiger partial charge on any atom is 0.219 e. The number of nitrogens with zero attached hydrogens (tertiary/aromatic N) is 5. The van der Waals surface area contributed by atoms with Gasteiger partial charge in [0.2, 0.25) is 5.88 Å². The zero-order chi connectivity index (χ0) is 20.1. The van der Waals surface area contributed by atoms with Gasteiger partial charge in [0.15, 0.2) is 11.1 Å². The second kappa shape index (κ2) is 10.5. The Hall–Kier alpha value is -2.47. The van der Waals surface area contributed by atoms with E-state index in [9.17, 15) is 4.39 Å². The first kappa shape index (κ1) is 22.2. The molecular formula is C20H22FIN6OS. The minimum Gasteiger partial charge on any atom is -0.439 e. The van der Waals surface area contributed by atoms with E-state index in [1.54, 1.807) is 35.7 Å². The molecule has 7 nitrogen and oxygen atoms in total. The average molecular weight is 540 g/mol. The molecule has 2 N–H and O–H groups in total. The molecule has 0 amide bonds. The molecular weight excluding hydrogens is 518 g/mol. The number of piperazine rings is 1. The van der Waals surface area contributed by atoms with Crippen molar-refractivity contribution in [2.45, 2.75) is 6.54 Å². The minimum atomic E-state index is -0.351. The Morgan fingerprint density at radius 3 is 2.67 bits per heavy atom. The highest BCUT2D eigenvalue weighted by Crippen LogP contribution is 2.21. The number of aliphatic imine (C=N–C) groups is 1. The van der Waals surface area contributed by atoms with Crippen LogP contribution in [0.2, 0.25) is 0 Å². The summed E-state index contributed by atoms with van der Waals surface area (Å²) in [6, 6.07) is 9.56. The lowest BCUT2D eigenvalue weighted by Crippen LogP contribution is -2.51. The van der Waals surface area contributed by atoms with Gasteiger partial charge in [0, 0.05) is 56.1 Å². The third-order valence-corrected chi connectivity index (χ3v) is 5.37. The Labute approximate surface area is 195 Å². The molecule has 0 aliphatic carbocycles. The molecule has 158 valence electrons. The summed E-state index contributed by atoms with van der Waals surface area (Å²) in [5.41, 5.74) is 7.09. The van der Waals surface area contributed by atoms with E-state index in [1.807, 2.05) is 17.6 Å². The Morgan fingerprint density at radius 1 is 1.17 bits per heavy atom. The average Bonchev–Trinajstić information content (AvgIpc) is 3.28. The van der Waals surface area contributed by atoms with E-state index in [1.165, 1.54) is 12.1 Å². The SMILES string of the molecule is I.NC(=NCc1ccc(Oc2cccc(F)c2)nc1)N1CCN(c2nccs2)CC1. The number of benzene rings is 1.